The van der Waals surface area contributed by atoms with Gasteiger partial charge in [-0.05, 0) is 155 Å². The summed E-state index contributed by atoms with van der Waals surface area (Å²) in [5.41, 5.74) is 6.56. The van der Waals surface area contributed by atoms with Crippen molar-refractivity contribution >= 4 is 29.3 Å². The van der Waals surface area contributed by atoms with Gasteiger partial charge in [-0.2, -0.15) is 5.10 Å². The molecule has 1 N–H and O–H groups in total. The lowest BCUT2D eigenvalue weighted by Crippen LogP contribution is -2.41. The highest BCUT2D eigenvalue weighted by atomic mass is 31.2. The van der Waals surface area contributed by atoms with Gasteiger partial charge < -0.3 is 18.8 Å². The minimum atomic E-state index is -2.55. The Kier molecular flexibility index (Phi) is 9.79. The largest absolute Gasteiger partial charge is 0.438 e. The van der Waals surface area contributed by atoms with Crippen molar-refractivity contribution < 1.29 is 23.0 Å². The Bertz CT molecular complexity index is 3300. The summed E-state index contributed by atoms with van der Waals surface area (Å²) < 4.78 is 47.5. The van der Waals surface area contributed by atoms with Crippen LogP contribution >= 0.6 is 7.14 Å². The summed E-state index contributed by atoms with van der Waals surface area (Å²) >= 11 is 0. The molecule has 14 nitrogen and oxygen atoms in total. The normalized spacial score (nSPS) is 19.6. The number of hydrogen-bond donors (Lipinski definition) is 1. The number of benzene rings is 3. The summed E-state index contributed by atoms with van der Waals surface area (Å²) in [5.74, 6) is 0.0188. The van der Waals surface area contributed by atoms with E-state index in [2.05, 4.69) is 35.3 Å². The maximum Gasteiger partial charge on any atom is 0.438 e. The van der Waals surface area contributed by atoms with Gasteiger partial charge >= 0.3 is 11.4 Å². The summed E-state index contributed by atoms with van der Waals surface area (Å²) in [6.07, 6.45) is 11.8. The van der Waals surface area contributed by atoms with Crippen LogP contribution in [0.1, 0.15) is 127 Å². The molecule has 3 aromatic carbocycles. The number of aryl methyl sites for hydroxylation is 3. The topological polar surface area (TPSA) is 155 Å². The van der Waals surface area contributed by atoms with E-state index in [4.69, 9.17) is 14.4 Å². The number of carbonyl (C=O) groups is 1. The fraction of sp³-hybridized carbons (Fsp3) is 0.431. The Balaban J connectivity index is 0.975. The van der Waals surface area contributed by atoms with Crippen LogP contribution in [-0.4, -0.2) is 75.5 Å². The lowest BCUT2D eigenvalue weighted by atomic mass is 9.91. The first-order valence-electron chi connectivity index (χ1n) is 23.9. The molecule has 7 aromatic rings. The van der Waals surface area contributed by atoms with E-state index in [1.807, 2.05) is 40.7 Å². The van der Waals surface area contributed by atoms with Crippen LogP contribution in [0.25, 0.3) is 28.1 Å². The van der Waals surface area contributed by atoms with Crippen molar-refractivity contribution in [1.29, 1.82) is 0 Å². The highest BCUT2D eigenvalue weighted by Crippen LogP contribution is 2.69. The first-order valence-corrected chi connectivity index (χ1v) is 25.8. The van der Waals surface area contributed by atoms with Gasteiger partial charge in [0.15, 0.2) is 5.82 Å². The SMILES string of the molecule is CCc1cc(-n2ccn(-c3c4c(nn3-c3cc(C)c(F)c(C)c3)CCN(C(=O)c3cc5cc(C6CCOCC6)ccc5n3C3(c5noc(=O)[nH]5)CC3)C4C)c2=O)ccc1P(=O)(C1CC1)C1CC1. The van der Waals surface area contributed by atoms with Crippen LogP contribution in [0.15, 0.2) is 81.1 Å². The standard InChI is InChI=1S/C51H54FN8O6P/c1-5-32-27-36(7-13-43(32)67(64,38-8-9-38)39-10-11-39)57-20-21-58(50(57)63)46-44-31(4)56(19-14-40(44)54-60(46)37-24-29(2)45(52)30(3)25-37)47(61)42-28-35-26-34(33-15-22-65-23-16-33)6-12-41(35)59(42)51(17-18-51)48-53-49(62)66-55-48/h6-7,12-13,20-21,24-28,31,33,38-39H,5,8-11,14-19,22-23H2,1-4H3,(H,53,55,62). The molecular formula is C51H54FN8O6P. The number of fused-ring (bicyclic) bond motifs is 2. The number of amides is 1. The van der Waals surface area contributed by atoms with E-state index in [1.54, 1.807) is 52.2 Å². The average molecular weight is 925 g/mol. The molecular weight excluding hydrogens is 871 g/mol. The Morgan fingerprint density at radius 1 is 0.910 bits per heavy atom. The van der Waals surface area contributed by atoms with Crippen LogP contribution in [-0.2, 0) is 27.7 Å². The molecule has 4 aromatic heterocycles. The van der Waals surface area contributed by atoms with Crippen molar-refractivity contribution in [2.24, 2.45) is 0 Å². The van der Waals surface area contributed by atoms with Crippen LogP contribution in [0.2, 0.25) is 0 Å². The first-order chi connectivity index (χ1) is 32.4. The lowest BCUT2D eigenvalue weighted by Gasteiger charge is -2.34. The van der Waals surface area contributed by atoms with Crippen molar-refractivity contribution in [2.75, 3.05) is 19.8 Å². The van der Waals surface area contributed by atoms with Gasteiger partial charge in [0.05, 0.1) is 23.1 Å². The zero-order chi connectivity index (χ0) is 46.1. The molecule has 3 saturated carbocycles. The molecule has 5 aliphatic rings. The Morgan fingerprint density at radius 3 is 2.28 bits per heavy atom. The van der Waals surface area contributed by atoms with Crippen molar-refractivity contribution in [1.82, 2.24) is 38.5 Å². The minimum Gasteiger partial charge on any atom is -0.381 e. The number of ether oxygens (including phenoxy) is 1. The second-order valence-electron chi connectivity index (χ2n) is 19.6. The van der Waals surface area contributed by atoms with E-state index >= 15 is 9.18 Å². The molecule has 0 radical (unpaired) electrons. The predicted octanol–water partition coefficient (Wildman–Crippen LogP) is 8.27. The molecule has 67 heavy (non-hydrogen) atoms. The number of carbonyl (C=O) groups excluding carboxylic acids is 1. The zero-order valence-electron chi connectivity index (χ0n) is 38.3. The maximum atomic E-state index is 15.5. The molecule has 3 aliphatic carbocycles. The van der Waals surface area contributed by atoms with Crippen molar-refractivity contribution in [3.05, 3.63) is 139 Å². The molecule has 0 spiro atoms. The van der Waals surface area contributed by atoms with Gasteiger partial charge in [0.1, 0.15) is 30.0 Å². The first kappa shape index (κ1) is 42.3. The van der Waals surface area contributed by atoms with E-state index in [0.717, 1.165) is 66.0 Å². The van der Waals surface area contributed by atoms with Crippen LogP contribution in [0, 0.1) is 19.7 Å². The number of nitrogens with one attached hydrogen (secondary N) is 1. The van der Waals surface area contributed by atoms with E-state index in [9.17, 15) is 14.2 Å². The van der Waals surface area contributed by atoms with Crippen molar-refractivity contribution in [3.63, 3.8) is 0 Å². The summed E-state index contributed by atoms with van der Waals surface area (Å²) in [6.45, 7) is 9.24. The fourth-order valence-corrected chi connectivity index (χ4v) is 15.7. The van der Waals surface area contributed by atoms with Crippen LogP contribution in [0.4, 0.5) is 4.39 Å². The number of aromatic nitrogens is 7. The van der Waals surface area contributed by atoms with Crippen molar-refractivity contribution in [2.45, 2.75) is 121 Å². The predicted molar refractivity (Wildman–Crippen MR) is 252 cm³/mol. The van der Waals surface area contributed by atoms with Gasteiger partial charge in [-0.15, -0.1) is 0 Å². The summed E-state index contributed by atoms with van der Waals surface area (Å²) in [4.78, 5) is 47.4. The van der Waals surface area contributed by atoms with Gasteiger partial charge in [-0.3, -0.25) is 23.4 Å². The monoisotopic (exact) mass is 924 g/mol. The second-order valence-corrected chi connectivity index (χ2v) is 23.0. The van der Waals surface area contributed by atoms with Gasteiger partial charge in [-0.1, -0.05) is 18.1 Å². The maximum absolute atomic E-state index is 15.5. The van der Waals surface area contributed by atoms with Gasteiger partial charge in [0, 0.05) is 71.7 Å². The second kappa shape index (κ2) is 15.5. The number of aromatic amines is 1. The van der Waals surface area contributed by atoms with E-state index in [-0.39, 0.29) is 28.7 Å². The quantitative estimate of drug-likeness (QED) is 0.127. The zero-order valence-corrected chi connectivity index (χ0v) is 39.2. The fourth-order valence-electron chi connectivity index (χ4n) is 11.5. The number of nitrogens with zero attached hydrogens (tertiary/aromatic N) is 7. The Morgan fingerprint density at radius 2 is 1.63 bits per heavy atom. The van der Waals surface area contributed by atoms with Crippen LogP contribution < -0.4 is 16.8 Å². The summed E-state index contributed by atoms with van der Waals surface area (Å²) in [5, 5.41) is 11.2. The molecule has 2 aliphatic heterocycles. The Hall–Kier alpha value is -6.05. The highest BCUT2D eigenvalue weighted by Gasteiger charge is 2.54. The molecule has 1 unspecified atom stereocenters. The molecule has 0 bridgehead atoms. The lowest BCUT2D eigenvalue weighted by molar-refractivity contribution is 0.0664. The molecule has 1 saturated heterocycles. The van der Waals surface area contributed by atoms with Crippen LogP contribution in [0.5, 0.6) is 0 Å². The van der Waals surface area contributed by atoms with Crippen molar-refractivity contribution in [3.8, 4) is 17.2 Å². The number of imidazole rings is 1. The molecule has 1 atom stereocenters. The van der Waals surface area contributed by atoms with Gasteiger partial charge in [0.25, 0.3) is 5.91 Å². The van der Waals surface area contributed by atoms with E-state index in [1.165, 1.54) is 5.56 Å². The number of rotatable bonds is 11. The Labute approximate surface area is 386 Å². The van der Waals surface area contributed by atoms with E-state index in [0.29, 0.717) is 96.8 Å². The highest BCUT2D eigenvalue weighted by molar-refractivity contribution is 7.73. The molecule has 16 heteroatoms. The molecule has 1 amide bonds. The van der Waals surface area contributed by atoms with Crippen LogP contribution in [0.3, 0.4) is 0 Å². The molecule has 12 rings (SSSR count). The molecule has 346 valence electrons. The number of H-pyrrole nitrogens is 1. The summed E-state index contributed by atoms with van der Waals surface area (Å²) in [7, 11) is -2.55. The third kappa shape index (κ3) is 6.65. The summed E-state index contributed by atoms with van der Waals surface area (Å²) in [6, 6.07) is 17.2. The third-order valence-corrected chi connectivity index (χ3v) is 19.8. The molecule has 4 fully saturated rings. The number of halogens is 1. The van der Waals surface area contributed by atoms with E-state index < -0.39 is 24.5 Å². The van der Waals surface area contributed by atoms with Gasteiger partial charge in [0.2, 0.25) is 0 Å². The average Bonchev–Trinajstić information content (AvgIpc) is 4.31. The number of hydrogen-bond acceptors (Lipinski definition) is 8. The van der Waals surface area contributed by atoms with Gasteiger partial charge in [-0.25, -0.2) is 18.7 Å². The minimum absolute atomic E-state index is 0.210. The smallest absolute Gasteiger partial charge is 0.381 e. The third-order valence-electron chi connectivity index (χ3n) is 15.4. The molecule has 6 heterocycles.